The number of anilines is 1. The third-order valence-electron chi connectivity index (χ3n) is 2.04. The molecule has 0 atom stereocenters. The number of nitrogen functional groups attached to an aromatic ring is 1. The SMILES string of the molecule is Nc1ccc(Cc2sc(=O)[nH]c2O)cc1. The molecular weight excluding hydrogens is 212 g/mol. The van der Waals surface area contributed by atoms with Gasteiger partial charge in [0.1, 0.15) is 0 Å². The molecule has 2 aromatic rings. The average Bonchev–Trinajstić information content (AvgIpc) is 2.49. The molecule has 0 saturated carbocycles. The van der Waals surface area contributed by atoms with E-state index in [1.165, 1.54) is 0 Å². The number of aromatic amines is 1. The van der Waals surface area contributed by atoms with Crippen LogP contribution in [0.2, 0.25) is 0 Å². The third-order valence-corrected chi connectivity index (χ3v) is 2.92. The van der Waals surface area contributed by atoms with Gasteiger partial charge >= 0.3 is 4.87 Å². The lowest BCUT2D eigenvalue weighted by molar-refractivity contribution is 0.451. The Labute approximate surface area is 90.0 Å². The summed E-state index contributed by atoms with van der Waals surface area (Å²) in [6.07, 6.45) is 0.537. The predicted molar refractivity (Wildman–Crippen MR) is 60.3 cm³/mol. The van der Waals surface area contributed by atoms with Crippen LogP contribution in [-0.2, 0) is 6.42 Å². The van der Waals surface area contributed by atoms with Gasteiger partial charge in [-0.2, -0.15) is 0 Å². The number of hydrogen-bond acceptors (Lipinski definition) is 4. The minimum absolute atomic E-state index is 0.0400. The number of benzene rings is 1. The third kappa shape index (κ3) is 2.19. The molecule has 0 unspecified atom stereocenters. The smallest absolute Gasteiger partial charge is 0.307 e. The molecule has 0 radical (unpaired) electrons. The standard InChI is InChI=1S/C10H10N2O2S/c11-7-3-1-6(2-4-7)5-8-9(13)12-10(14)15-8/h1-4,13H,5,11H2,(H,12,14). The second kappa shape index (κ2) is 3.78. The Hall–Kier alpha value is -1.75. The van der Waals surface area contributed by atoms with Gasteiger partial charge in [0.05, 0.1) is 4.88 Å². The van der Waals surface area contributed by atoms with Crippen molar-refractivity contribution in [3.05, 3.63) is 44.4 Å². The quantitative estimate of drug-likeness (QED) is 0.670. The highest BCUT2D eigenvalue weighted by atomic mass is 32.1. The Balaban J connectivity index is 2.25. The molecule has 0 spiro atoms. The summed E-state index contributed by atoms with van der Waals surface area (Å²) >= 11 is 1.02. The van der Waals surface area contributed by atoms with Crippen LogP contribution in [0.3, 0.4) is 0 Å². The Kier molecular flexibility index (Phi) is 2.47. The maximum absolute atomic E-state index is 10.9. The zero-order valence-corrected chi connectivity index (χ0v) is 8.67. The summed E-state index contributed by atoms with van der Waals surface area (Å²) in [6, 6.07) is 7.33. The van der Waals surface area contributed by atoms with E-state index in [2.05, 4.69) is 4.98 Å². The predicted octanol–water partition coefficient (Wildman–Crippen LogP) is 1.31. The molecule has 1 aromatic heterocycles. The molecule has 5 heteroatoms. The number of nitrogens with one attached hydrogen (secondary N) is 1. The highest BCUT2D eigenvalue weighted by Gasteiger charge is 2.06. The minimum Gasteiger partial charge on any atom is -0.494 e. The largest absolute Gasteiger partial charge is 0.494 e. The van der Waals surface area contributed by atoms with Gasteiger partial charge in [0.2, 0.25) is 5.88 Å². The van der Waals surface area contributed by atoms with Gasteiger partial charge < -0.3 is 10.8 Å². The van der Waals surface area contributed by atoms with Crippen molar-refractivity contribution < 1.29 is 5.11 Å². The Bertz CT molecular complexity index is 513. The summed E-state index contributed by atoms with van der Waals surface area (Å²) < 4.78 is 0. The maximum Gasteiger partial charge on any atom is 0.307 e. The maximum atomic E-state index is 10.9. The summed E-state index contributed by atoms with van der Waals surface area (Å²) in [7, 11) is 0. The average molecular weight is 222 g/mol. The zero-order valence-electron chi connectivity index (χ0n) is 7.86. The van der Waals surface area contributed by atoms with Gasteiger partial charge in [-0.25, -0.2) is 0 Å². The second-order valence-corrected chi connectivity index (χ2v) is 4.27. The molecule has 1 heterocycles. The first-order valence-electron chi connectivity index (χ1n) is 4.40. The minimum atomic E-state index is -0.238. The van der Waals surface area contributed by atoms with Crippen LogP contribution in [0.15, 0.2) is 29.1 Å². The van der Waals surface area contributed by atoms with Crippen LogP contribution in [0, 0.1) is 0 Å². The molecule has 0 bridgehead atoms. The molecule has 0 saturated heterocycles. The normalized spacial score (nSPS) is 10.4. The molecular formula is C10H10N2O2S. The molecule has 0 aliphatic rings. The Morgan fingerprint density at radius 2 is 2.00 bits per heavy atom. The van der Waals surface area contributed by atoms with Gasteiger partial charge in [-0.1, -0.05) is 23.5 Å². The Morgan fingerprint density at radius 3 is 2.53 bits per heavy atom. The molecule has 0 amide bonds. The van der Waals surface area contributed by atoms with E-state index < -0.39 is 0 Å². The van der Waals surface area contributed by atoms with E-state index in [9.17, 15) is 9.90 Å². The van der Waals surface area contributed by atoms with E-state index in [4.69, 9.17) is 5.73 Å². The molecule has 0 aliphatic carbocycles. The monoisotopic (exact) mass is 222 g/mol. The van der Waals surface area contributed by atoms with E-state index in [0.717, 1.165) is 16.9 Å². The van der Waals surface area contributed by atoms with Crippen molar-refractivity contribution in [2.75, 3.05) is 5.73 Å². The van der Waals surface area contributed by atoms with E-state index in [1.54, 1.807) is 12.1 Å². The van der Waals surface area contributed by atoms with Gasteiger partial charge in [-0.15, -0.1) is 0 Å². The van der Waals surface area contributed by atoms with Gasteiger partial charge in [-0.3, -0.25) is 9.78 Å². The van der Waals surface area contributed by atoms with Crippen molar-refractivity contribution in [3.63, 3.8) is 0 Å². The van der Waals surface area contributed by atoms with Crippen molar-refractivity contribution in [3.8, 4) is 5.88 Å². The summed E-state index contributed by atoms with van der Waals surface area (Å²) in [5.74, 6) is -0.0400. The lowest BCUT2D eigenvalue weighted by atomic mass is 10.1. The molecule has 78 valence electrons. The zero-order chi connectivity index (χ0) is 10.8. The Morgan fingerprint density at radius 1 is 1.33 bits per heavy atom. The number of rotatable bonds is 2. The van der Waals surface area contributed by atoms with Crippen LogP contribution in [0.4, 0.5) is 5.69 Å². The van der Waals surface area contributed by atoms with E-state index in [-0.39, 0.29) is 10.8 Å². The van der Waals surface area contributed by atoms with Crippen LogP contribution in [-0.4, -0.2) is 10.1 Å². The highest BCUT2D eigenvalue weighted by molar-refractivity contribution is 7.09. The first-order valence-corrected chi connectivity index (χ1v) is 5.22. The van der Waals surface area contributed by atoms with Crippen molar-refractivity contribution in [1.29, 1.82) is 0 Å². The molecule has 0 aliphatic heterocycles. The van der Waals surface area contributed by atoms with Crippen molar-refractivity contribution in [2.24, 2.45) is 0 Å². The van der Waals surface area contributed by atoms with Gasteiger partial charge in [-0.05, 0) is 17.7 Å². The number of thiazole rings is 1. The van der Waals surface area contributed by atoms with Gasteiger partial charge in [0, 0.05) is 12.1 Å². The lowest BCUT2D eigenvalue weighted by Gasteiger charge is -1.99. The molecule has 4 N–H and O–H groups in total. The molecule has 15 heavy (non-hydrogen) atoms. The van der Waals surface area contributed by atoms with Crippen molar-refractivity contribution in [2.45, 2.75) is 6.42 Å². The fourth-order valence-corrected chi connectivity index (χ4v) is 2.05. The van der Waals surface area contributed by atoms with E-state index in [1.807, 2.05) is 12.1 Å². The van der Waals surface area contributed by atoms with Crippen LogP contribution in [0.25, 0.3) is 0 Å². The molecule has 0 fully saturated rings. The van der Waals surface area contributed by atoms with Crippen LogP contribution < -0.4 is 10.6 Å². The first kappa shape index (κ1) is 9.79. The van der Waals surface area contributed by atoms with Crippen LogP contribution in [0.5, 0.6) is 5.88 Å². The highest BCUT2D eigenvalue weighted by Crippen LogP contribution is 2.20. The fraction of sp³-hybridized carbons (Fsp3) is 0.100. The summed E-state index contributed by atoms with van der Waals surface area (Å²) in [5.41, 5.74) is 7.26. The number of hydrogen-bond donors (Lipinski definition) is 3. The second-order valence-electron chi connectivity index (χ2n) is 3.20. The number of nitrogens with two attached hydrogens (primary N) is 1. The number of H-pyrrole nitrogens is 1. The van der Waals surface area contributed by atoms with Gasteiger partial charge in [0.15, 0.2) is 0 Å². The lowest BCUT2D eigenvalue weighted by Crippen LogP contribution is -1.89. The van der Waals surface area contributed by atoms with Crippen LogP contribution >= 0.6 is 11.3 Å². The summed E-state index contributed by atoms with van der Waals surface area (Å²) in [6.45, 7) is 0. The van der Waals surface area contributed by atoms with Crippen molar-refractivity contribution >= 4 is 17.0 Å². The van der Waals surface area contributed by atoms with E-state index in [0.29, 0.717) is 17.0 Å². The molecule has 4 nitrogen and oxygen atoms in total. The van der Waals surface area contributed by atoms with Gasteiger partial charge in [0.25, 0.3) is 0 Å². The van der Waals surface area contributed by atoms with Crippen molar-refractivity contribution in [1.82, 2.24) is 4.98 Å². The topological polar surface area (TPSA) is 79.1 Å². The number of aromatic nitrogens is 1. The fourth-order valence-electron chi connectivity index (χ4n) is 1.29. The summed E-state index contributed by atoms with van der Waals surface area (Å²) in [4.78, 5) is 13.7. The van der Waals surface area contributed by atoms with E-state index >= 15 is 0 Å². The molecule has 2 rings (SSSR count). The number of aromatic hydroxyl groups is 1. The molecule has 1 aromatic carbocycles. The van der Waals surface area contributed by atoms with Crippen LogP contribution in [0.1, 0.15) is 10.4 Å². The summed E-state index contributed by atoms with van der Waals surface area (Å²) in [5, 5.41) is 9.38. The first-order chi connectivity index (χ1) is 7.15.